The second kappa shape index (κ2) is 50.1. The van der Waals surface area contributed by atoms with Gasteiger partial charge in [0.05, 0.1) is 27.4 Å². The molecule has 98 heavy (non-hydrogen) atoms. The summed E-state index contributed by atoms with van der Waals surface area (Å²) in [6.45, 7) is 26.8. The number of Topliss-reactive ketones (excluding diaryl/α,β-unsaturated/α-hetero) is 2. The maximum absolute atomic E-state index is 13.3. The van der Waals surface area contributed by atoms with Gasteiger partial charge >= 0.3 is 0 Å². The molecule has 24 unspecified atom stereocenters. The third-order valence-corrected chi connectivity index (χ3v) is 244. The molecule has 13 nitrogen and oxygen atoms in total. The number of ether oxygens (including phenoxy) is 2. The van der Waals surface area contributed by atoms with Crippen molar-refractivity contribution >= 4 is 330 Å². The Morgan fingerprint density at radius 1 is 0.520 bits per heavy atom. The number of amides is 1. The largest absolute Gasteiger partial charge is 0.492 e. The Bertz CT molecular complexity index is 3270. The number of hydrogen-bond donors (Lipinski definition) is 2. The number of aromatic nitrogens is 4. The van der Waals surface area contributed by atoms with Crippen LogP contribution in [-0.2, 0) is 42.6 Å². The fourth-order valence-corrected chi connectivity index (χ4v) is 417. The summed E-state index contributed by atoms with van der Waals surface area (Å²) in [5.41, 5.74) is 18.6. The van der Waals surface area contributed by atoms with Crippen molar-refractivity contribution in [1.82, 2.24) is 19.6 Å². The fraction of sp³-hybridized carbons (Fsp3) is 0.426. The average molecular weight is 2040 g/mol. The van der Waals surface area contributed by atoms with E-state index in [2.05, 4.69) is 248 Å². The molecule has 5 aromatic rings. The van der Waals surface area contributed by atoms with E-state index in [9.17, 15) is 14.4 Å². The van der Waals surface area contributed by atoms with Crippen LogP contribution >= 0.6 is 290 Å². The maximum Gasteiger partial charge on any atom is 0.248 e. The van der Waals surface area contributed by atoms with Crippen LogP contribution in [0.15, 0.2) is 66.7 Å². The van der Waals surface area contributed by atoms with Crippen molar-refractivity contribution in [2.75, 3.05) is 20.0 Å². The van der Waals surface area contributed by atoms with E-state index in [1.807, 2.05) is 48.5 Å². The lowest BCUT2D eigenvalue weighted by atomic mass is 10.0. The zero-order valence-corrected chi connectivity index (χ0v) is 97.3. The lowest BCUT2D eigenvalue weighted by molar-refractivity contribution is 0.0974. The Morgan fingerprint density at radius 3 is 1.16 bits per heavy atom. The highest BCUT2D eigenvalue weighted by Crippen LogP contribution is 3.29. The molecule has 0 saturated carbocycles. The number of primary amides is 1. The van der Waals surface area contributed by atoms with Gasteiger partial charge in [-0.25, -0.2) is 0 Å². The third kappa shape index (κ3) is 32.8. The Kier molecular flexibility index (Phi) is 53.3. The van der Waals surface area contributed by atoms with Gasteiger partial charge in [-0.2, -0.15) is 10.2 Å². The predicted molar refractivity (Wildman–Crippen MR) is 557 cm³/mol. The van der Waals surface area contributed by atoms with Crippen molar-refractivity contribution in [3.8, 4) is 34.0 Å². The first kappa shape index (κ1) is 104. The number of benzene rings is 3. The number of methoxy groups -OCH3 is 2. The van der Waals surface area contributed by atoms with Gasteiger partial charge in [0.15, 0.2) is 39.7 Å². The zero-order chi connectivity index (χ0) is 75.6. The molecule has 0 aliphatic heterocycles. The summed E-state index contributed by atoms with van der Waals surface area (Å²) in [7, 11) is 64.4. The molecule has 1 amide bonds. The summed E-state index contributed by atoms with van der Waals surface area (Å²) in [4.78, 5) is 36.7. The maximum atomic E-state index is 13.3. The minimum Gasteiger partial charge on any atom is -0.492 e. The van der Waals surface area contributed by atoms with Crippen LogP contribution in [0.1, 0.15) is 96.5 Å². The number of nitrogen functional groups attached to an aromatic ring is 1. The van der Waals surface area contributed by atoms with Crippen LogP contribution in [0.3, 0.4) is 0 Å². The van der Waals surface area contributed by atoms with Gasteiger partial charge in [0.2, 0.25) is 5.91 Å². The van der Waals surface area contributed by atoms with Crippen molar-refractivity contribution in [2.45, 2.75) is 104 Å². The molecular weight excluding hydrogens is 1930 g/mol. The molecule has 24 atom stereocenters. The van der Waals surface area contributed by atoms with Crippen LogP contribution in [0.4, 0.5) is 5.69 Å². The molecule has 0 bridgehead atoms. The third-order valence-electron chi connectivity index (χ3n) is 14.8. The number of hydrogen-bond acceptors (Lipinski definition) is 10. The zero-order valence-electron chi connectivity index (χ0n) is 58.0. The smallest absolute Gasteiger partial charge is 0.248 e. The highest BCUT2D eigenvalue weighted by molar-refractivity contribution is 9.35. The Balaban J connectivity index is 0.000000466. The quantitative estimate of drug-likeness (QED) is 0.0195. The van der Waals surface area contributed by atoms with E-state index in [0.29, 0.717) is 64.3 Å². The van der Waals surface area contributed by atoms with Gasteiger partial charge in [0.1, 0.15) is 22.8 Å². The van der Waals surface area contributed by atoms with Crippen molar-refractivity contribution < 1.29 is 32.7 Å². The Labute approximate surface area is 654 Å². The van der Waals surface area contributed by atoms with Gasteiger partial charge in [-0.15, -0.1) is 170 Å². The van der Waals surface area contributed by atoms with Gasteiger partial charge in [-0.3, -0.25) is 23.7 Å². The number of carbonyl (C=O) groups excluding carboxylic acids is 3. The summed E-state index contributed by atoms with van der Waals surface area (Å²) in [6, 6.07) is 20.7. The second-order valence-corrected chi connectivity index (χ2v) is 171. The van der Waals surface area contributed by atoms with Crippen LogP contribution in [0.5, 0.6) is 11.5 Å². The summed E-state index contributed by atoms with van der Waals surface area (Å²) in [6.07, 6.45) is -0.0218. The standard InChI is InChI=1S/C27H36N4O4Si.C20H30N2O3Si.H21P19.H19P17/c1-27(2,3)36(6,7)35-16-17-8-10-18(11-9-17)23-25(34-5)24(31(4)30-23)22(32)15-20-14-19(26(29)33)12-13-21(20)28;1-14(23)18-19(24-6)17(21-22(18)5)16-11-9-15(10-12-16)13-25-26(7,8)20(2,3)4;1-11-16(10)19(17(12(2)3)13(4)5)18(14(6)7)15(8)9;1-10-15(11(2)3)17(14(8)9)16(12(4)5)13(6)7/h8-14H,15-16,28H2,1-7H3,(H2,29,33);9-12H,13H2,1-8H3;11H,1-10H2;10H,1-9H2. The van der Waals surface area contributed by atoms with Crippen LogP contribution in [0, 0.1) is 0 Å². The van der Waals surface area contributed by atoms with Gasteiger partial charge in [-0.05, 0) is 176 Å². The monoisotopic (exact) mass is 2040 g/mol. The summed E-state index contributed by atoms with van der Waals surface area (Å²) < 4.78 is 26.8. The fourth-order valence-electron chi connectivity index (χ4n) is 7.80. The van der Waals surface area contributed by atoms with Crippen LogP contribution in [0.25, 0.3) is 22.5 Å². The molecular formula is C47H106N6O7P36Si2. The molecule has 554 valence electrons. The SMILES string of the molecule is COc1c(-c2ccc(CO[Si](C)(C)C(C)(C)C)cc2)nn(C)c1C(=O)Cc1cc(C(N)=O)ccc1N.COc1c(-c2ccc(CO[Si](C)(C)C(C)(C)C)cc2)nn(C)c1C(C)=O.PPP(P(P)P)P(P(P)P)P(P(P)P)P(P)P.PPP(P)P(P(P(P)P)P(P)P)P(P(P)P)P(P)P. The van der Waals surface area contributed by atoms with E-state index < -0.39 is 22.5 Å². The molecule has 0 aliphatic rings. The highest BCUT2D eigenvalue weighted by atomic mass is 33.4. The van der Waals surface area contributed by atoms with Crippen molar-refractivity contribution in [3.05, 3.63) is 100 Å². The van der Waals surface area contributed by atoms with E-state index in [4.69, 9.17) is 29.8 Å². The molecule has 0 aliphatic carbocycles. The number of ketones is 2. The molecule has 4 N–H and O–H groups in total. The van der Waals surface area contributed by atoms with Crippen molar-refractivity contribution in [2.24, 2.45) is 19.8 Å². The first-order chi connectivity index (χ1) is 45.1. The van der Waals surface area contributed by atoms with E-state index >= 15 is 0 Å². The molecule has 0 fully saturated rings. The lowest BCUT2D eigenvalue weighted by Crippen LogP contribution is -2.40. The number of nitrogens with zero attached hydrogens (tertiary/aromatic N) is 4. The van der Waals surface area contributed by atoms with E-state index in [1.165, 1.54) is 24.8 Å². The first-order valence-electron chi connectivity index (χ1n) is 28.6. The van der Waals surface area contributed by atoms with Gasteiger partial charge in [0, 0.05) is 49.8 Å². The summed E-state index contributed by atoms with van der Waals surface area (Å²) >= 11 is 0. The molecule has 2 aromatic heterocycles. The molecule has 51 heteroatoms. The van der Waals surface area contributed by atoms with Gasteiger partial charge in [0.25, 0.3) is 0 Å². The van der Waals surface area contributed by atoms with Crippen LogP contribution < -0.4 is 20.9 Å². The van der Waals surface area contributed by atoms with Crippen molar-refractivity contribution in [3.63, 3.8) is 0 Å². The number of anilines is 1. The van der Waals surface area contributed by atoms with Crippen LogP contribution in [-0.4, -0.2) is 67.9 Å². The topological polar surface area (TPSA) is 176 Å². The highest BCUT2D eigenvalue weighted by Gasteiger charge is 2.42. The number of aryl methyl sites for hydroxylation is 2. The van der Waals surface area contributed by atoms with Crippen molar-refractivity contribution in [1.29, 1.82) is 0 Å². The summed E-state index contributed by atoms with van der Waals surface area (Å²) in [5.74, 6) is 0.0215. The number of nitrogens with two attached hydrogens (primary N) is 2. The minimum atomic E-state index is -1.85. The number of rotatable bonds is 30. The first-order valence-corrected chi connectivity index (χ1v) is 98.6. The molecule has 0 saturated heterocycles. The second-order valence-electron chi connectivity index (χ2n) is 23.9. The predicted octanol–water partition coefficient (Wildman–Crippen LogP) is 29.8. The minimum absolute atomic E-state index is 0.0218. The molecule has 0 spiro atoms. The molecule has 5 rings (SSSR count). The average Bonchev–Trinajstić information content (AvgIpc) is 1.60. The normalized spacial score (nSPS) is 13.7. The van der Waals surface area contributed by atoms with Gasteiger partial charge in [-0.1, -0.05) is 106 Å². The van der Waals surface area contributed by atoms with Crippen LogP contribution in [0.2, 0.25) is 36.3 Å². The van der Waals surface area contributed by atoms with E-state index in [0.717, 1.165) is 38.2 Å². The Hall–Kier alpha value is 10.1. The van der Waals surface area contributed by atoms with E-state index in [-0.39, 0.29) is 133 Å². The molecule has 2 heterocycles. The Morgan fingerprint density at radius 2 is 0.867 bits per heavy atom. The molecule has 3 aromatic carbocycles. The van der Waals surface area contributed by atoms with E-state index in [1.54, 1.807) is 38.0 Å². The summed E-state index contributed by atoms with van der Waals surface area (Å²) in [5, 5.41) is 9.37. The lowest BCUT2D eigenvalue weighted by Gasteiger charge is -2.44. The molecule has 0 radical (unpaired) electrons. The van der Waals surface area contributed by atoms with Gasteiger partial charge < -0.3 is 29.8 Å². The number of carbonyl (C=O) groups is 3.